The van der Waals surface area contributed by atoms with Crippen LogP contribution in [0.3, 0.4) is 0 Å². The second-order valence-corrected chi connectivity index (χ2v) is 2.71. The maximum atomic E-state index is 5.50. The molecular formula is C8H11ClN2. The summed E-state index contributed by atoms with van der Waals surface area (Å²) in [4.78, 5) is 0. The van der Waals surface area contributed by atoms with Gasteiger partial charge in [0.2, 0.25) is 0 Å². The molecule has 0 aromatic carbocycles. The largest absolute Gasteiger partial charge is 0.275 e. The number of rotatable bonds is 2. The van der Waals surface area contributed by atoms with Gasteiger partial charge in [0.25, 0.3) is 0 Å². The van der Waals surface area contributed by atoms with Crippen molar-refractivity contribution in [2.45, 2.75) is 6.92 Å². The van der Waals surface area contributed by atoms with E-state index in [9.17, 15) is 0 Å². The number of halogens is 1. The molecule has 0 aliphatic carbocycles. The lowest BCUT2D eigenvalue weighted by Gasteiger charge is -1.83. The summed E-state index contributed by atoms with van der Waals surface area (Å²) in [7, 11) is 1.91. The third-order valence-electron chi connectivity index (χ3n) is 1.44. The Morgan fingerprint density at radius 1 is 1.73 bits per heavy atom. The second-order valence-electron chi connectivity index (χ2n) is 2.40. The van der Waals surface area contributed by atoms with Crippen LogP contribution in [0.1, 0.15) is 11.3 Å². The minimum Gasteiger partial charge on any atom is -0.275 e. The molecule has 0 radical (unpaired) electrons. The Hall–Kier alpha value is -0.760. The molecule has 0 amide bonds. The van der Waals surface area contributed by atoms with Crippen molar-refractivity contribution in [3.8, 4) is 0 Å². The molecule has 1 aromatic heterocycles. The monoisotopic (exact) mass is 170 g/mol. The molecule has 0 unspecified atom stereocenters. The molecule has 0 saturated heterocycles. The standard InChI is InChI=1S/C8H11ClN2/c1-7-8(4-3-5-9)6-11(2)10-7/h3-4,6H,5H2,1-2H3. The van der Waals surface area contributed by atoms with E-state index >= 15 is 0 Å². The summed E-state index contributed by atoms with van der Waals surface area (Å²) in [6, 6.07) is 0. The number of alkyl halides is 1. The highest BCUT2D eigenvalue weighted by Crippen LogP contribution is 2.06. The summed E-state index contributed by atoms with van der Waals surface area (Å²) in [5, 5.41) is 4.19. The molecular weight excluding hydrogens is 160 g/mol. The summed E-state index contributed by atoms with van der Waals surface area (Å²) in [6.07, 6.45) is 5.86. The molecule has 0 aliphatic heterocycles. The summed E-state index contributed by atoms with van der Waals surface area (Å²) in [6.45, 7) is 1.98. The van der Waals surface area contributed by atoms with E-state index in [1.54, 1.807) is 4.68 Å². The first-order valence-electron chi connectivity index (χ1n) is 3.47. The summed E-state index contributed by atoms with van der Waals surface area (Å²) >= 11 is 5.50. The van der Waals surface area contributed by atoms with Gasteiger partial charge in [-0.2, -0.15) is 5.10 Å². The summed E-state index contributed by atoms with van der Waals surface area (Å²) in [5.41, 5.74) is 2.17. The van der Waals surface area contributed by atoms with Gasteiger partial charge in [0, 0.05) is 24.7 Å². The van der Waals surface area contributed by atoms with Crippen LogP contribution in [0.15, 0.2) is 12.3 Å². The van der Waals surface area contributed by atoms with Crippen molar-refractivity contribution in [2.24, 2.45) is 7.05 Å². The maximum absolute atomic E-state index is 5.50. The quantitative estimate of drug-likeness (QED) is 0.621. The molecule has 0 bridgehead atoms. The van der Waals surface area contributed by atoms with Crippen LogP contribution in [0.5, 0.6) is 0 Å². The minimum atomic E-state index is 0.550. The number of nitrogens with zero attached hydrogens (tertiary/aromatic N) is 2. The maximum Gasteiger partial charge on any atom is 0.0665 e. The van der Waals surface area contributed by atoms with Crippen LogP contribution >= 0.6 is 11.6 Å². The highest BCUT2D eigenvalue weighted by atomic mass is 35.5. The van der Waals surface area contributed by atoms with Crippen LogP contribution in [-0.4, -0.2) is 15.7 Å². The Kier molecular flexibility index (Phi) is 2.71. The average molecular weight is 171 g/mol. The van der Waals surface area contributed by atoms with E-state index < -0.39 is 0 Å². The summed E-state index contributed by atoms with van der Waals surface area (Å²) < 4.78 is 1.79. The highest BCUT2D eigenvalue weighted by Gasteiger charge is 1.96. The van der Waals surface area contributed by atoms with Gasteiger partial charge in [-0.05, 0) is 6.92 Å². The normalized spacial score (nSPS) is 11.2. The van der Waals surface area contributed by atoms with E-state index in [1.165, 1.54) is 0 Å². The van der Waals surface area contributed by atoms with Crippen LogP contribution in [-0.2, 0) is 7.05 Å². The molecule has 11 heavy (non-hydrogen) atoms. The van der Waals surface area contributed by atoms with E-state index in [4.69, 9.17) is 11.6 Å². The van der Waals surface area contributed by atoms with Crippen LogP contribution < -0.4 is 0 Å². The lowest BCUT2D eigenvalue weighted by atomic mass is 10.2. The van der Waals surface area contributed by atoms with Gasteiger partial charge in [-0.1, -0.05) is 12.2 Å². The Balaban J connectivity index is 2.85. The Morgan fingerprint density at radius 2 is 2.45 bits per heavy atom. The zero-order chi connectivity index (χ0) is 8.27. The SMILES string of the molecule is Cc1nn(C)cc1C=CCCl. The smallest absolute Gasteiger partial charge is 0.0665 e. The number of hydrogen-bond donors (Lipinski definition) is 0. The van der Waals surface area contributed by atoms with Crippen molar-refractivity contribution in [2.75, 3.05) is 5.88 Å². The predicted molar refractivity (Wildman–Crippen MR) is 47.7 cm³/mol. The number of allylic oxidation sites excluding steroid dienone is 1. The molecule has 0 aliphatic rings. The van der Waals surface area contributed by atoms with Crippen LogP contribution in [0.2, 0.25) is 0 Å². The Labute approximate surface area is 71.5 Å². The van der Waals surface area contributed by atoms with Gasteiger partial charge >= 0.3 is 0 Å². The van der Waals surface area contributed by atoms with E-state index in [-0.39, 0.29) is 0 Å². The van der Waals surface area contributed by atoms with Gasteiger partial charge in [0.1, 0.15) is 0 Å². The fraction of sp³-hybridized carbons (Fsp3) is 0.375. The van der Waals surface area contributed by atoms with E-state index in [0.29, 0.717) is 5.88 Å². The predicted octanol–water partition coefficient (Wildman–Crippen LogP) is 1.98. The average Bonchev–Trinajstić information content (AvgIpc) is 2.26. The molecule has 60 valence electrons. The zero-order valence-electron chi connectivity index (χ0n) is 6.71. The first-order valence-corrected chi connectivity index (χ1v) is 4.00. The van der Waals surface area contributed by atoms with Gasteiger partial charge in [-0.15, -0.1) is 11.6 Å². The lowest BCUT2D eigenvalue weighted by Crippen LogP contribution is -1.86. The molecule has 0 fully saturated rings. The molecule has 1 aromatic rings. The number of aromatic nitrogens is 2. The highest BCUT2D eigenvalue weighted by molar-refractivity contribution is 6.19. The topological polar surface area (TPSA) is 17.8 Å². The lowest BCUT2D eigenvalue weighted by molar-refractivity contribution is 0.756. The first kappa shape index (κ1) is 8.34. The van der Waals surface area contributed by atoms with Crippen molar-refractivity contribution < 1.29 is 0 Å². The molecule has 0 saturated carbocycles. The van der Waals surface area contributed by atoms with Gasteiger partial charge in [0.15, 0.2) is 0 Å². The van der Waals surface area contributed by atoms with Crippen molar-refractivity contribution in [3.05, 3.63) is 23.5 Å². The fourth-order valence-electron chi connectivity index (χ4n) is 0.953. The minimum absolute atomic E-state index is 0.550. The van der Waals surface area contributed by atoms with Gasteiger partial charge in [0.05, 0.1) is 5.69 Å². The molecule has 0 atom stereocenters. The molecule has 1 heterocycles. The van der Waals surface area contributed by atoms with Gasteiger partial charge in [-0.25, -0.2) is 0 Å². The van der Waals surface area contributed by atoms with Crippen molar-refractivity contribution in [1.29, 1.82) is 0 Å². The third kappa shape index (κ3) is 2.09. The second kappa shape index (κ2) is 3.58. The van der Waals surface area contributed by atoms with Crippen molar-refractivity contribution in [3.63, 3.8) is 0 Å². The molecule has 3 heteroatoms. The zero-order valence-corrected chi connectivity index (χ0v) is 7.47. The van der Waals surface area contributed by atoms with Gasteiger partial charge in [-0.3, -0.25) is 4.68 Å². The fourth-order valence-corrected chi connectivity index (χ4v) is 1.04. The summed E-state index contributed by atoms with van der Waals surface area (Å²) in [5.74, 6) is 0.550. The van der Waals surface area contributed by atoms with E-state index in [2.05, 4.69) is 5.10 Å². The van der Waals surface area contributed by atoms with Crippen LogP contribution in [0.4, 0.5) is 0 Å². The molecule has 0 N–H and O–H groups in total. The van der Waals surface area contributed by atoms with Crippen LogP contribution in [0.25, 0.3) is 6.08 Å². The Bertz CT molecular complexity index is 263. The third-order valence-corrected chi connectivity index (χ3v) is 1.62. The number of hydrogen-bond acceptors (Lipinski definition) is 1. The molecule has 0 spiro atoms. The van der Waals surface area contributed by atoms with E-state index in [0.717, 1.165) is 11.3 Å². The molecule has 1 rings (SSSR count). The Morgan fingerprint density at radius 3 is 2.91 bits per heavy atom. The first-order chi connectivity index (χ1) is 5.24. The molecule has 2 nitrogen and oxygen atoms in total. The number of aryl methyl sites for hydroxylation is 2. The van der Waals surface area contributed by atoms with Crippen molar-refractivity contribution >= 4 is 17.7 Å². The van der Waals surface area contributed by atoms with Gasteiger partial charge < -0.3 is 0 Å². The van der Waals surface area contributed by atoms with Crippen LogP contribution in [0, 0.1) is 6.92 Å². The van der Waals surface area contributed by atoms with E-state index in [1.807, 2.05) is 32.3 Å². The van der Waals surface area contributed by atoms with Crippen molar-refractivity contribution in [1.82, 2.24) is 9.78 Å².